The van der Waals surface area contributed by atoms with Crippen LogP contribution in [-0.2, 0) is 20.9 Å². The molecule has 0 fully saturated rings. The number of nitrogens with zero attached hydrogens (tertiary/aromatic N) is 1. The number of esters is 1. The van der Waals surface area contributed by atoms with Crippen LogP contribution < -0.4 is 30.3 Å². The zero-order valence-electron chi connectivity index (χ0n) is 25.8. The van der Waals surface area contributed by atoms with E-state index in [1.165, 1.54) is 18.3 Å². The Labute approximate surface area is 281 Å². The number of ether oxygens (including phenoxy) is 4. The summed E-state index contributed by atoms with van der Waals surface area (Å²) in [5.41, 5.74) is 5.36. The van der Waals surface area contributed by atoms with Crippen molar-refractivity contribution in [3.63, 3.8) is 0 Å². The average molecular weight is 681 g/mol. The molecule has 4 rings (SSSR count). The maximum absolute atomic E-state index is 12.8. The summed E-state index contributed by atoms with van der Waals surface area (Å²) in [6.07, 6.45) is 1.40. The molecule has 0 unspecified atom stereocenters. The fourth-order valence-corrected chi connectivity index (χ4v) is 5.12. The molecule has 3 aromatic carbocycles. The molecule has 12 nitrogen and oxygen atoms in total. The third kappa shape index (κ3) is 9.21. The van der Waals surface area contributed by atoms with Crippen LogP contribution in [0.4, 0.5) is 0 Å². The smallest absolute Gasteiger partial charge is 0.338 e. The van der Waals surface area contributed by atoms with Crippen LogP contribution in [0.2, 0.25) is 5.02 Å². The predicted octanol–water partition coefficient (Wildman–Crippen LogP) is 4.90. The van der Waals surface area contributed by atoms with Gasteiger partial charge in [-0.15, -0.1) is 0 Å². The standard InChI is InChI=1S/C33H33ClN4O8S/c1-4-43-26-15-21(14-24(34)30(26)46-17-20-10-12-22(13-11-20)31(40)41)16-35-38-27(39)18-45-25-9-7-6-8-23(25)29-28(32(42)44-5-2)19(3)36-33(47)37-29/h6-16,29H,4-5,17-18H2,1-3H3,(H,38,39)(H,40,41)(H2,36,37,47)/t29-/m1/s1. The van der Waals surface area contributed by atoms with Crippen molar-refractivity contribution in [3.8, 4) is 17.2 Å². The number of amides is 1. The fraction of sp³-hybridized carbons (Fsp3) is 0.242. The normalized spacial score (nSPS) is 14.2. The van der Waals surface area contributed by atoms with E-state index in [1.807, 2.05) is 6.92 Å². The third-order valence-electron chi connectivity index (χ3n) is 6.67. The first-order valence-electron chi connectivity index (χ1n) is 14.5. The third-order valence-corrected chi connectivity index (χ3v) is 7.17. The lowest BCUT2D eigenvalue weighted by molar-refractivity contribution is -0.139. The molecule has 1 amide bonds. The molecule has 0 spiro atoms. The van der Waals surface area contributed by atoms with Crippen molar-refractivity contribution >= 4 is 53.0 Å². The molecule has 1 aliphatic heterocycles. The van der Waals surface area contributed by atoms with Crippen molar-refractivity contribution in [1.82, 2.24) is 16.1 Å². The molecule has 246 valence electrons. The number of aromatic carboxylic acids is 1. The Morgan fingerprint density at radius 1 is 1.02 bits per heavy atom. The average Bonchev–Trinajstić information content (AvgIpc) is 3.03. The van der Waals surface area contributed by atoms with Gasteiger partial charge in [0.15, 0.2) is 23.2 Å². The molecule has 0 saturated carbocycles. The van der Waals surface area contributed by atoms with Gasteiger partial charge in [-0.05, 0) is 74.4 Å². The summed E-state index contributed by atoms with van der Waals surface area (Å²) in [5.74, 6) is -1.01. The van der Waals surface area contributed by atoms with Crippen LogP contribution in [0, 0.1) is 0 Å². The number of carbonyl (C=O) groups is 3. The Kier molecular flexibility index (Phi) is 12.1. The van der Waals surface area contributed by atoms with Gasteiger partial charge in [0.1, 0.15) is 12.4 Å². The van der Waals surface area contributed by atoms with E-state index in [1.54, 1.807) is 62.4 Å². The second kappa shape index (κ2) is 16.4. The minimum atomic E-state index is -1.01. The highest BCUT2D eigenvalue weighted by Gasteiger charge is 2.32. The summed E-state index contributed by atoms with van der Waals surface area (Å²) in [6, 6.07) is 15.9. The molecule has 0 saturated heterocycles. The van der Waals surface area contributed by atoms with Gasteiger partial charge < -0.3 is 34.7 Å². The minimum Gasteiger partial charge on any atom is -0.490 e. The number of allylic oxidation sites excluding steroid dienone is 1. The highest BCUT2D eigenvalue weighted by atomic mass is 35.5. The number of carbonyl (C=O) groups excluding carboxylic acids is 2. The largest absolute Gasteiger partial charge is 0.490 e. The number of benzene rings is 3. The predicted molar refractivity (Wildman–Crippen MR) is 179 cm³/mol. The molecule has 0 aromatic heterocycles. The van der Waals surface area contributed by atoms with Gasteiger partial charge in [-0.3, -0.25) is 4.79 Å². The first-order valence-corrected chi connectivity index (χ1v) is 15.3. The number of nitrogens with one attached hydrogen (secondary N) is 3. The first-order chi connectivity index (χ1) is 22.6. The number of rotatable bonds is 14. The van der Waals surface area contributed by atoms with Crippen molar-refractivity contribution in [3.05, 3.63) is 99.2 Å². The summed E-state index contributed by atoms with van der Waals surface area (Å²) in [4.78, 5) is 36.5. The lowest BCUT2D eigenvalue weighted by Gasteiger charge is -2.30. The summed E-state index contributed by atoms with van der Waals surface area (Å²) < 4.78 is 22.7. The summed E-state index contributed by atoms with van der Waals surface area (Å²) in [5, 5.41) is 19.7. The van der Waals surface area contributed by atoms with Crippen LogP contribution in [-0.4, -0.2) is 54.1 Å². The van der Waals surface area contributed by atoms with Crippen molar-refractivity contribution in [2.75, 3.05) is 19.8 Å². The highest BCUT2D eigenvalue weighted by Crippen LogP contribution is 2.37. The molecule has 14 heteroatoms. The van der Waals surface area contributed by atoms with E-state index in [2.05, 4.69) is 21.2 Å². The van der Waals surface area contributed by atoms with Gasteiger partial charge >= 0.3 is 11.9 Å². The molecular formula is C33H33ClN4O8S. The van der Waals surface area contributed by atoms with Gasteiger partial charge in [0.05, 0.1) is 41.6 Å². The van der Waals surface area contributed by atoms with Gasteiger partial charge in [0.2, 0.25) is 0 Å². The number of hydrogen-bond donors (Lipinski definition) is 4. The second-order valence-corrected chi connectivity index (χ2v) is 10.8. The number of thiocarbonyl (C=S) groups is 1. The maximum Gasteiger partial charge on any atom is 0.338 e. The Balaban J connectivity index is 1.40. The van der Waals surface area contributed by atoms with E-state index in [4.69, 9.17) is 47.9 Å². The van der Waals surface area contributed by atoms with E-state index in [0.717, 1.165) is 5.56 Å². The van der Waals surface area contributed by atoms with E-state index < -0.39 is 23.9 Å². The first kappa shape index (κ1) is 34.7. The zero-order chi connectivity index (χ0) is 33.9. The van der Waals surface area contributed by atoms with Crippen LogP contribution in [0.15, 0.2) is 77.0 Å². The number of carboxylic acids is 1. The molecule has 4 N–H and O–H groups in total. The summed E-state index contributed by atoms with van der Waals surface area (Å²) in [7, 11) is 0. The molecule has 0 radical (unpaired) electrons. The molecule has 47 heavy (non-hydrogen) atoms. The number of hydrazone groups is 1. The quantitative estimate of drug-likeness (QED) is 0.0795. The highest BCUT2D eigenvalue weighted by molar-refractivity contribution is 7.80. The maximum atomic E-state index is 12.8. The van der Waals surface area contributed by atoms with Gasteiger partial charge in [-0.25, -0.2) is 15.0 Å². The monoisotopic (exact) mass is 680 g/mol. The van der Waals surface area contributed by atoms with Gasteiger partial charge in [-0.1, -0.05) is 41.9 Å². The number of para-hydroxylation sites is 1. The molecular weight excluding hydrogens is 648 g/mol. The second-order valence-electron chi connectivity index (χ2n) is 9.96. The lowest BCUT2D eigenvalue weighted by Crippen LogP contribution is -2.45. The van der Waals surface area contributed by atoms with Crippen molar-refractivity contribution in [2.45, 2.75) is 33.4 Å². The minimum absolute atomic E-state index is 0.132. The lowest BCUT2D eigenvalue weighted by atomic mass is 9.95. The Morgan fingerprint density at radius 3 is 2.47 bits per heavy atom. The van der Waals surface area contributed by atoms with Crippen molar-refractivity contribution < 1.29 is 38.4 Å². The summed E-state index contributed by atoms with van der Waals surface area (Å²) >= 11 is 11.8. The molecule has 0 bridgehead atoms. The van der Waals surface area contributed by atoms with E-state index in [0.29, 0.717) is 51.4 Å². The van der Waals surface area contributed by atoms with Crippen molar-refractivity contribution in [1.29, 1.82) is 0 Å². The Bertz CT molecular complexity index is 1710. The molecule has 0 aliphatic carbocycles. The molecule has 1 aliphatic rings. The van der Waals surface area contributed by atoms with Crippen LogP contribution in [0.1, 0.15) is 53.9 Å². The van der Waals surface area contributed by atoms with Crippen molar-refractivity contribution in [2.24, 2.45) is 5.10 Å². The fourth-order valence-electron chi connectivity index (χ4n) is 4.58. The van der Waals surface area contributed by atoms with E-state index in [9.17, 15) is 14.4 Å². The topological polar surface area (TPSA) is 157 Å². The van der Waals surface area contributed by atoms with E-state index >= 15 is 0 Å². The van der Waals surface area contributed by atoms with Crippen LogP contribution in [0.3, 0.4) is 0 Å². The number of halogens is 1. The van der Waals surface area contributed by atoms with Crippen LogP contribution in [0.5, 0.6) is 17.2 Å². The van der Waals surface area contributed by atoms with Crippen LogP contribution >= 0.6 is 23.8 Å². The zero-order valence-corrected chi connectivity index (χ0v) is 27.4. The number of hydrogen-bond acceptors (Lipinski definition) is 9. The molecule has 3 aromatic rings. The van der Waals surface area contributed by atoms with E-state index in [-0.39, 0.29) is 30.4 Å². The van der Waals surface area contributed by atoms with Gasteiger partial charge in [-0.2, -0.15) is 5.10 Å². The number of carboxylic acid groups (broad SMARTS) is 1. The van der Waals surface area contributed by atoms with Crippen LogP contribution in [0.25, 0.3) is 0 Å². The Hall–Kier alpha value is -5.14. The Morgan fingerprint density at radius 2 is 1.77 bits per heavy atom. The van der Waals surface area contributed by atoms with Gasteiger partial charge in [0, 0.05) is 11.3 Å². The summed E-state index contributed by atoms with van der Waals surface area (Å²) in [6.45, 7) is 5.57. The molecule has 1 heterocycles. The molecule has 1 atom stereocenters. The van der Waals surface area contributed by atoms with Gasteiger partial charge in [0.25, 0.3) is 5.91 Å². The SMILES string of the molecule is CCOC(=O)C1=C(C)NC(=S)N[C@@H]1c1ccccc1OCC(=O)NN=Cc1cc(Cl)c(OCc2ccc(C(=O)O)cc2)c(OCC)c1.